The fourth-order valence-corrected chi connectivity index (χ4v) is 2.74. The van der Waals surface area contributed by atoms with Crippen molar-refractivity contribution in [3.63, 3.8) is 0 Å². The van der Waals surface area contributed by atoms with Crippen LogP contribution in [-0.4, -0.2) is 44.7 Å². The minimum Gasteiger partial charge on any atom is -0.469 e. The third-order valence-corrected chi connectivity index (χ3v) is 4.04. The van der Waals surface area contributed by atoms with Gasteiger partial charge in [0, 0.05) is 31.9 Å². The molecule has 0 aliphatic carbocycles. The van der Waals surface area contributed by atoms with Crippen LogP contribution in [0.4, 0.5) is 5.69 Å². The summed E-state index contributed by atoms with van der Waals surface area (Å²) in [4.78, 5) is 15.7. The zero-order chi connectivity index (χ0) is 15.1. The summed E-state index contributed by atoms with van der Waals surface area (Å²) >= 11 is 0. The summed E-state index contributed by atoms with van der Waals surface area (Å²) in [5.74, 6) is -0.151. The number of esters is 1. The molecule has 2 rings (SSSR count). The van der Waals surface area contributed by atoms with Gasteiger partial charge in [-0.3, -0.25) is 4.79 Å². The van der Waals surface area contributed by atoms with Crippen LogP contribution in [0.5, 0.6) is 0 Å². The van der Waals surface area contributed by atoms with Gasteiger partial charge in [0.15, 0.2) is 0 Å². The van der Waals surface area contributed by atoms with Crippen LogP contribution in [0.1, 0.15) is 31.2 Å². The lowest BCUT2D eigenvalue weighted by Crippen LogP contribution is -2.29. The quantitative estimate of drug-likeness (QED) is 0.754. The molecule has 0 spiro atoms. The normalized spacial score (nSPS) is 15.3. The minimum absolute atomic E-state index is 0.151. The number of methoxy groups -OCH3 is 1. The molecule has 1 fully saturated rings. The van der Waals surface area contributed by atoms with E-state index in [0.29, 0.717) is 6.42 Å². The summed E-state index contributed by atoms with van der Waals surface area (Å²) in [5, 5.41) is 0. The predicted octanol–water partition coefficient (Wildman–Crippen LogP) is 2.67. The Morgan fingerprint density at radius 2 is 1.86 bits per heavy atom. The first kappa shape index (κ1) is 15.8. The molecule has 1 saturated heterocycles. The number of hydrogen-bond acceptors (Lipinski definition) is 4. The molecule has 0 bridgehead atoms. The van der Waals surface area contributed by atoms with Crippen molar-refractivity contribution in [2.75, 3.05) is 38.7 Å². The van der Waals surface area contributed by atoms with E-state index in [1.165, 1.54) is 50.7 Å². The number of carbonyl (C=O) groups excluding carboxylic acids is 1. The maximum Gasteiger partial charge on any atom is 0.306 e. The molecular weight excluding hydrogens is 264 g/mol. The van der Waals surface area contributed by atoms with E-state index < -0.39 is 0 Å². The van der Waals surface area contributed by atoms with Gasteiger partial charge in [-0.1, -0.05) is 12.1 Å². The van der Waals surface area contributed by atoms with Gasteiger partial charge in [-0.05, 0) is 44.0 Å². The molecule has 1 aromatic rings. The van der Waals surface area contributed by atoms with Crippen molar-refractivity contribution in [3.05, 3.63) is 29.8 Å². The SMILES string of the molecule is COC(=O)CCN(C)Cc1ccc(N2CCCCC2)cc1. The zero-order valence-electron chi connectivity index (χ0n) is 13.2. The van der Waals surface area contributed by atoms with Gasteiger partial charge in [0.1, 0.15) is 0 Å². The van der Waals surface area contributed by atoms with Crippen LogP contribution < -0.4 is 4.90 Å². The van der Waals surface area contributed by atoms with E-state index >= 15 is 0 Å². The molecule has 1 aromatic carbocycles. The van der Waals surface area contributed by atoms with E-state index in [2.05, 4.69) is 38.8 Å². The fourth-order valence-electron chi connectivity index (χ4n) is 2.74. The number of rotatable bonds is 6. The van der Waals surface area contributed by atoms with E-state index in [9.17, 15) is 4.79 Å². The molecule has 1 aliphatic rings. The van der Waals surface area contributed by atoms with Gasteiger partial charge in [0.2, 0.25) is 0 Å². The smallest absolute Gasteiger partial charge is 0.306 e. The maximum absolute atomic E-state index is 11.1. The molecule has 0 unspecified atom stereocenters. The van der Waals surface area contributed by atoms with E-state index in [1.54, 1.807) is 0 Å². The Labute approximate surface area is 127 Å². The van der Waals surface area contributed by atoms with Crippen LogP contribution in [-0.2, 0) is 16.1 Å². The second-order valence-electron chi connectivity index (χ2n) is 5.78. The van der Waals surface area contributed by atoms with Gasteiger partial charge in [-0.2, -0.15) is 0 Å². The first-order valence-corrected chi connectivity index (χ1v) is 7.78. The fraction of sp³-hybridized carbons (Fsp3) is 0.588. The molecule has 0 atom stereocenters. The summed E-state index contributed by atoms with van der Waals surface area (Å²) in [6, 6.07) is 8.82. The first-order chi connectivity index (χ1) is 10.2. The topological polar surface area (TPSA) is 32.8 Å². The summed E-state index contributed by atoms with van der Waals surface area (Å²) < 4.78 is 4.66. The molecule has 0 saturated carbocycles. The highest BCUT2D eigenvalue weighted by molar-refractivity contribution is 5.69. The lowest BCUT2D eigenvalue weighted by atomic mass is 10.1. The Morgan fingerprint density at radius 1 is 1.19 bits per heavy atom. The highest BCUT2D eigenvalue weighted by Crippen LogP contribution is 2.20. The number of nitrogens with zero attached hydrogens (tertiary/aromatic N) is 2. The molecule has 116 valence electrons. The molecule has 0 radical (unpaired) electrons. The molecule has 4 nitrogen and oxygen atoms in total. The monoisotopic (exact) mass is 290 g/mol. The molecule has 0 N–H and O–H groups in total. The molecule has 4 heteroatoms. The number of hydrogen-bond donors (Lipinski definition) is 0. The Kier molecular flexibility index (Phi) is 6.05. The van der Waals surface area contributed by atoms with Crippen LogP contribution in [0.3, 0.4) is 0 Å². The predicted molar refractivity (Wildman–Crippen MR) is 85.5 cm³/mol. The van der Waals surface area contributed by atoms with Crippen molar-refractivity contribution in [3.8, 4) is 0 Å². The highest BCUT2D eigenvalue weighted by Gasteiger charge is 2.11. The number of ether oxygens (including phenoxy) is 1. The van der Waals surface area contributed by atoms with Crippen molar-refractivity contribution >= 4 is 11.7 Å². The van der Waals surface area contributed by atoms with Gasteiger partial charge >= 0.3 is 5.97 Å². The van der Waals surface area contributed by atoms with Crippen LogP contribution in [0.15, 0.2) is 24.3 Å². The van der Waals surface area contributed by atoms with E-state index in [-0.39, 0.29) is 5.97 Å². The highest BCUT2D eigenvalue weighted by atomic mass is 16.5. The summed E-state index contributed by atoms with van der Waals surface area (Å²) in [6.07, 6.45) is 4.41. The van der Waals surface area contributed by atoms with Crippen molar-refractivity contribution in [2.45, 2.75) is 32.2 Å². The number of anilines is 1. The van der Waals surface area contributed by atoms with Gasteiger partial charge in [-0.25, -0.2) is 0 Å². The van der Waals surface area contributed by atoms with Crippen LogP contribution >= 0.6 is 0 Å². The molecule has 0 amide bonds. The molecule has 1 heterocycles. The van der Waals surface area contributed by atoms with Gasteiger partial charge < -0.3 is 14.5 Å². The Bertz CT molecular complexity index is 439. The lowest BCUT2D eigenvalue weighted by Gasteiger charge is -2.29. The lowest BCUT2D eigenvalue weighted by molar-refractivity contribution is -0.140. The molecule has 0 aromatic heterocycles. The third-order valence-electron chi connectivity index (χ3n) is 4.04. The molecule has 1 aliphatic heterocycles. The van der Waals surface area contributed by atoms with Crippen molar-refractivity contribution < 1.29 is 9.53 Å². The molecule has 21 heavy (non-hydrogen) atoms. The largest absolute Gasteiger partial charge is 0.469 e. The third kappa shape index (κ3) is 5.05. The number of carbonyl (C=O) groups is 1. The van der Waals surface area contributed by atoms with E-state index in [1.807, 2.05) is 7.05 Å². The standard InChI is InChI=1S/C17H26N2O2/c1-18(13-10-17(20)21-2)14-15-6-8-16(9-7-15)19-11-4-3-5-12-19/h6-9H,3-5,10-14H2,1-2H3. The van der Waals surface area contributed by atoms with Gasteiger partial charge in [-0.15, -0.1) is 0 Å². The van der Waals surface area contributed by atoms with Crippen molar-refractivity contribution in [1.29, 1.82) is 0 Å². The molecular formula is C17H26N2O2. The van der Waals surface area contributed by atoms with Gasteiger partial charge in [0.05, 0.1) is 13.5 Å². The Hall–Kier alpha value is -1.55. The van der Waals surface area contributed by atoms with Crippen molar-refractivity contribution in [2.24, 2.45) is 0 Å². The Morgan fingerprint density at radius 3 is 2.48 bits per heavy atom. The van der Waals surface area contributed by atoms with Crippen LogP contribution in [0, 0.1) is 0 Å². The average molecular weight is 290 g/mol. The van der Waals surface area contributed by atoms with Gasteiger partial charge in [0.25, 0.3) is 0 Å². The van der Waals surface area contributed by atoms with E-state index in [4.69, 9.17) is 0 Å². The second kappa shape index (κ2) is 8.03. The van der Waals surface area contributed by atoms with E-state index in [0.717, 1.165) is 13.1 Å². The zero-order valence-corrected chi connectivity index (χ0v) is 13.2. The average Bonchev–Trinajstić information content (AvgIpc) is 2.54. The summed E-state index contributed by atoms with van der Waals surface area (Å²) in [5.41, 5.74) is 2.61. The minimum atomic E-state index is -0.151. The number of piperidine rings is 1. The Balaban J connectivity index is 1.82. The van der Waals surface area contributed by atoms with Crippen LogP contribution in [0.2, 0.25) is 0 Å². The van der Waals surface area contributed by atoms with Crippen LogP contribution in [0.25, 0.3) is 0 Å². The number of benzene rings is 1. The summed E-state index contributed by atoms with van der Waals surface area (Å²) in [6.45, 7) is 3.94. The maximum atomic E-state index is 11.1. The second-order valence-corrected chi connectivity index (χ2v) is 5.78. The first-order valence-electron chi connectivity index (χ1n) is 7.78. The summed E-state index contributed by atoms with van der Waals surface area (Å²) in [7, 11) is 3.46. The van der Waals surface area contributed by atoms with Crippen molar-refractivity contribution in [1.82, 2.24) is 4.90 Å².